The summed E-state index contributed by atoms with van der Waals surface area (Å²) in [6.07, 6.45) is -1.56. The van der Waals surface area contributed by atoms with Crippen molar-refractivity contribution in [3.63, 3.8) is 0 Å². The number of halogens is 4. The second kappa shape index (κ2) is 7.55. The smallest absolute Gasteiger partial charge is 0.342 e. The predicted octanol–water partition coefficient (Wildman–Crippen LogP) is 3.53. The summed E-state index contributed by atoms with van der Waals surface area (Å²) in [5, 5.41) is 6.50. The molecule has 0 bridgehead atoms. The molecule has 11 heteroatoms. The number of aromatic nitrogens is 5. The first kappa shape index (κ1) is 19.7. The molecule has 146 valence electrons. The maximum atomic E-state index is 13.0. The Morgan fingerprint density at radius 2 is 1.89 bits per heavy atom. The van der Waals surface area contributed by atoms with Crippen molar-refractivity contribution in [2.75, 3.05) is 0 Å². The number of rotatable bonds is 4. The van der Waals surface area contributed by atoms with Crippen molar-refractivity contribution in [2.24, 2.45) is 0 Å². The van der Waals surface area contributed by atoms with Gasteiger partial charge in [-0.2, -0.15) is 22.8 Å². The number of hydrogen-bond acceptors (Lipinski definition) is 5. The fourth-order valence-electron chi connectivity index (χ4n) is 2.55. The molecule has 0 saturated heterocycles. The fourth-order valence-corrected chi connectivity index (χ4v) is 2.71. The summed E-state index contributed by atoms with van der Waals surface area (Å²) in [7, 11) is 0. The number of nitrogens with zero attached hydrogens (tertiary/aromatic N) is 5. The topological polar surface area (TPSA) is 85.6 Å². The van der Waals surface area contributed by atoms with Gasteiger partial charge >= 0.3 is 6.18 Å². The van der Waals surface area contributed by atoms with E-state index in [2.05, 4.69) is 25.4 Å². The molecule has 1 unspecified atom stereocenters. The van der Waals surface area contributed by atoms with E-state index in [0.29, 0.717) is 5.56 Å². The van der Waals surface area contributed by atoms with Gasteiger partial charge in [0, 0.05) is 18.0 Å². The molecule has 0 aliphatic heterocycles. The number of hydrogen-bond donors (Lipinski definition) is 1. The van der Waals surface area contributed by atoms with Crippen LogP contribution in [0, 0.1) is 6.92 Å². The minimum Gasteiger partial charge on any atom is -0.342 e. The summed E-state index contributed by atoms with van der Waals surface area (Å²) in [4.78, 5) is 24.7. The van der Waals surface area contributed by atoms with Crippen molar-refractivity contribution in [3.8, 4) is 5.95 Å². The summed E-state index contributed by atoms with van der Waals surface area (Å²) in [5.41, 5.74) is -0.696. The molecule has 1 atom stereocenters. The lowest BCUT2D eigenvalue weighted by Crippen LogP contribution is -2.29. The Hall–Kier alpha value is -3.01. The van der Waals surface area contributed by atoms with Gasteiger partial charge in [0.25, 0.3) is 11.9 Å². The van der Waals surface area contributed by atoms with Gasteiger partial charge in [-0.1, -0.05) is 0 Å². The minimum atomic E-state index is -4.55. The summed E-state index contributed by atoms with van der Waals surface area (Å²) < 4.78 is 40.3. The number of benzene rings is 1. The number of carbonyl (C=O) groups is 1. The van der Waals surface area contributed by atoms with Crippen LogP contribution in [0.1, 0.15) is 40.3 Å². The van der Waals surface area contributed by atoms with E-state index in [1.54, 1.807) is 13.0 Å². The molecule has 2 heterocycles. The van der Waals surface area contributed by atoms with E-state index >= 15 is 0 Å². The summed E-state index contributed by atoms with van der Waals surface area (Å²) >= 11 is 5.87. The standard InChI is InChI=1S/C17H14ClF3N6O/c1-9-6-11(8-12(7-9)17(19,20)21)14(28)24-10(2)13-25-15(18)26-27(13)16-22-4-3-5-23-16/h3-8,10H,1-2H3,(H,24,28). The molecule has 1 N–H and O–H groups in total. The minimum absolute atomic E-state index is 0.0848. The zero-order chi connectivity index (χ0) is 20.5. The summed E-state index contributed by atoms with van der Waals surface area (Å²) in [5.74, 6) is -0.275. The fraction of sp³-hybridized carbons (Fsp3) is 0.235. The van der Waals surface area contributed by atoms with Crippen LogP contribution in [0.2, 0.25) is 5.28 Å². The van der Waals surface area contributed by atoms with Gasteiger partial charge in [-0.25, -0.2) is 9.97 Å². The Balaban J connectivity index is 1.88. The van der Waals surface area contributed by atoms with Crippen LogP contribution in [0.4, 0.5) is 13.2 Å². The van der Waals surface area contributed by atoms with Crippen molar-refractivity contribution >= 4 is 17.5 Å². The molecule has 0 saturated carbocycles. The monoisotopic (exact) mass is 410 g/mol. The highest BCUT2D eigenvalue weighted by atomic mass is 35.5. The van der Waals surface area contributed by atoms with E-state index in [0.717, 1.165) is 12.1 Å². The van der Waals surface area contributed by atoms with Crippen LogP contribution in [0.25, 0.3) is 5.95 Å². The SMILES string of the molecule is Cc1cc(C(=O)NC(C)c2nc(Cl)nn2-c2ncccn2)cc(C(F)(F)F)c1. The van der Waals surface area contributed by atoms with Gasteiger partial charge in [0.15, 0.2) is 5.82 Å². The molecule has 1 amide bonds. The highest BCUT2D eigenvalue weighted by Crippen LogP contribution is 2.30. The molecule has 0 fully saturated rings. The number of carbonyl (C=O) groups excluding carboxylic acids is 1. The molecule has 1 aromatic carbocycles. The largest absolute Gasteiger partial charge is 0.416 e. The molecular weight excluding hydrogens is 397 g/mol. The van der Waals surface area contributed by atoms with E-state index in [1.165, 1.54) is 30.1 Å². The average molecular weight is 411 g/mol. The number of aryl methyl sites for hydroxylation is 1. The predicted molar refractivity (Wildman–Crippen MR) is 94.0 cm³/mol. The first-order valence-electron chi connectivity index (χ1n) is 8.05. The van der Waals surface area contributed by atoms with Crippen LogP contribution >= 0.6 is 11.6 Å². The van der Waals surface area contributed by atoms with Crippen LogP contribution in [0.15, 0.2) is 36.7 Å². The van der Waals surface area contributed by atoms with Crippen LogP contribution in [-0.4, -0.2) is 30.6 Å². The quantitative estimate of drug-likeness (QED) is 0.711. The van der Waals surface area contributed by atoms with Crippen LogP contribution in [-0.2, 0) is 6.18 Å². The van der Waals surface area contributed by atoms with Gasteiger partial charge in [-0.3, -0.25) is 4.79 Å². The Labute approximate surface area is 162 Å². The lowest BCUT2D eigenvalue weighted by molar-refractivity contribution is -0.137. The maximum absolute atomic E-state index is 13.0. The van der Waals surface area contributed by atoms with E-state index in [4.69, 9.17) is 11.6 Å². The van der Waals surface area contributed by atoms with Gasteiger partial charge < -0.3 is 5.32 Å². The molecule has 0 aliphatic rings. The van der Waals surface area contributed by atoms with Crippen LogP contribution < -0.4 is 5.32 Å². The Kier molecular flexibility index (Phi) is 5.32. The first-order valence-corrected chi connectivity index (χ1v) is 8.42. The molecule has 3 rings (SSSR count). The lowest BCUT2D eigenvalue weighted by atomic mass is 10.1. The summed E-state index contributed by atoms with van der Waals surface area (Å²) in [6.45, 7) is 3.08. The molecule has 0 radical (unpaired) electrons. The van der Waals surface area contributed by atoms with Crippen molar-refractivity contribution in [3.05, 3.63) is 64.5 Å². The second-order valence-corrected chi connectivity index (χ2v) is 6.32. The van der Waals surface area contributed by atoms with E-state index < -0.39 is 23.7 Å². The number of amides is 1. The van der Waals surface area contributed by atoms with Crippen LogP contribution in [0.5, 0.6) is 0 Å². The highest BCUT2D eigenvalue weighted by molar-refractivity contribution is 6.28. The van der Waals surface area contributed by atoms with E-state index in [1.807, 2.05) is 0 Å². The van der Waals surface area contributed by atoms with Crippen molar-refractivity contribution < 1.29 is 18.0 Å². The van der Waals surface area contributed by atoms with Crippen LogP contribution in [0.3, 0.4) is 0 Å². The van der Waals surface area contributed by atoms with Gasteiger partial charge in [0.2, 0.25) is 5.28 Å². The van der Waals surface area contributed by atoms with Crippen molar-refractivity contribution in [1.29, 1.82) is 0 Å². The molecular formula is C17H14ClF3N6O. The third-order valence-electron chi connectivity index (χ3n) is 3.75. The molecule has 28 heavy (non-hydrogen) atoms. The average Bonchev–Trinajstić information content (AvgIpc) is 3.03. The Morgan fingerprint density at radius 1 is 1.21 bits per heavy atom. The zero-order valence-electron chi connectivity index (χ0n) is 14.7. The molecule has 0 spiro atoms. The third kappa shape index (κ3) is 4.28. The van der Waals surface area contributed by atoms with Crippen molar-refractivity contribution in [1.82, 2.24) is 30.0 Å². The number of alkyl halides is 3. The summed E-state index contributed by atoms with van der Waals surface area (Å²) in [6, 6.07) is 4.03. The molecule has 3 aromatic rings. The molecule has 7 nitrogen and oxygen atoms in total. The van der Waals surface area contributed by atoms with Gasteiger partial charge in [0.05, 0.1) is 11.6 Å². The van der Waals surface area contributed by atoms with Gasteiger partial charge in [-0.15, -0.1) is 5.10 Å². The zero-order valence-corrected chi connectivity index (χ0v) is 15.5. The first-order chi connectivity index (χ1) is 13.1. The van der Waals surface area contributed by atoms with E-state index in [9.17, 15) is 18.0 Å². The third-order valence-corrected chi connectivity index (χ3v) is 3.91. The highest BCUT2D eigenvalue weighted by Gasteiger charge is 2.31. The Morgan fingerprint density at radius 3 is 2.54 bits per heavy atom. The lowest BCUT2D eigenvalue weighted by Gasteiger charge is -2.15. The van der Waals surface area contributed by atoms with Gasteiger partial charge in [-0.05, 0) is 55.3 Å². The molecule has 2 aromatic heterocycles. The maximum Gasteiger partial charge on any atom is 0.416 e. The number of nitrogens with one attached hydrogen (secondary N) is 1. The van der Waals surface area contributed by atoms with E-state index in [-0.39, 0.29) is 22.6 Å². The van der Waals surface area contributed by atoms with Gasteiger partial charge in [0.1, 0.15) is 0 Å². The Bertz CT molecular complexity index is 1010. The second-order valence-electron chi connectivity index (χ2n) is 5.98. The molecule has 0 aliphatic carbocycles. The normalized spacial score (nSPS) is 12.6. The van der Waals surface area contributed by atoms with Crippen molar-refractivity contribution in [2.45, 2.75) is 26.1 Å².